The van der Waals surface area contributed by atoms with E-state index >= 15 is 0 Å². The van der Waals surface area contributed by atoms with Crippen LogP contribution in [0.4, 0.5) is 11.4 Å². The Balaban J connectivity index is 1.89. The number of carbonyl (C=O) groups is 1. The molecule has 0 fully saturated rings. The number of anilines is 2. The Bertz CT molecular complexity index is 766. The highest BCUT2D eigenvalue weighted by molar-refractivity contribution is 6.12. The normalized spacial score (nSPS) is 14.9. The number of nitrogens with one attached hydrogen (secondary N) is 1. The summed E-state index contributed by atoms with van der Waals surface area (Å²) in [6.45, 7) is 4.82. The Kier molecular flexibility index (Phi) is 4.02. The topological polar surface area (TPSA) is 64.9 Å². The van der Waals surface area contributed by atoms with Gasteiger partial charge in [0.05, 0.1) is 6.54 Å². The molecule has 1 aliphatic rings. The van der Waals surface area contributed by atoms with Crippen molar-refractivity contribution in [1.82, 2.24) is 0 Å². The maximum Gasteiger partial charge on any atom is 0.221 e. The van der Waals surface area contributed by atoms with E-state index in [0.29, 0.717) is 17.9 Å². The zero-order chi connectivity index (χ0) is 16.4. The van der Waals surface area contributed by atoms with Crippen molar-refractivity contribution in [2.24, 2.45) is 5.16 Å². The highest BCUT2D eigenvalue weighted by Gasteiger charge is 2.26. The number of benzene rings is 2. The van der Waals surface area contributed by atoms with Crippen molar-refractivity contribution >= 4 is 23.0 Å². The molecular weight excluding hydrogens is 290 g/mol. The van der Waals surface area contributed by atoms with Gasteiger partial charge in [0.15, 0.2) is 0 Å². The van der Waals surface area contributed by atoms with E-state index in [9.17, 15) is 10.0 Å². The van der Waals surface area contributed by atoms with Crippen LogP contribution >= 0.6 is 0 Å². The van der Waals surface area contributed by atoms with Crippen molar-refractivity contribution in [1.29, 1.82) is 0 Å². The smallest absolute Gasteiger partial charge is 0.221 e. The van der Waals surface area contributed by atoms with E-state index in [1.807, 2.05) is 18.2 Å². The molecule has 23 heavy (non-hydrogen) atoms. The van der Waals surface area contributed by atoms with Crippen LogP contribution in [0.25, 0.3) is 0 Å². The predicted molar refractivity (Wildman–Crippen MR) is 91.3 cm³/mol. The minimum atomic E-state index is -0.123. The summed E-state index contributed by atoms with van der Waals surface area (Å²) in [7, 11) is 0. The van der Waals surface area contributed by atoms with E-state index in [2.05, 4.69) is 46.6 Å². The summed E-state index contributed by atoms with van der Waals surface area (Å²) in [4.78, 5) is 13.4. The van der Waals surface area contributed by atoms with Gasteiger partial charge >= 0.3 is 0 Å². The molecule has 0 saturated carbocycles. The third kappa shape index (κ3) is 3.18. The molecule has 5 heteroatoms. The molecule has 1 heterocycles. The first-order valence-electron chi connectivity index (χ1n) is 7.50. The van der Waals surface area contributed by atoms with Gasteiger partial charge in [-0.05, 0) is 30.7 Å². The average molecular weight is 309 g/mol. The van der Waals surface area contributed by atoms with Crippen LogP contribution < -0.4 is 10.2 Å². The largest absolute Gasteiger partial charge is 0.411 e. The van der Waals surface area contributed by atoms with E-state index in [4.69, 9.17) is 0 Å². The first-order chi connectivity index (χ1) is 11.1. The van der Waals surface area contributed by atoms with Crippen LogP contribution in [-0.2, 0) is 11.3 Å². The first-order valence-corrected chi connectivity index (χ1v) is 7.50. The molecule has 2 aromatic carbocycles. The number of nitrogens with zero attached hydrogens (tertiary/aromatic N) is 2. The Morgan fingerprint density at radius 2 is 2.00 bits per heavy atom. The molecule has 118 valence electrons. The highest BCUT2D eigenvalue weighted by Crippen LogP contribution is 2.32. The molecule has 0 bridgehead atoms. The Labute approximate surface area is 135 Å². The standard InChI is InChI=1S/C18H19N3O2/c1-12-3-5-14(6-4-12)10-21-11-17(20-23)16-9-15(19-13(2)22)7-8-18(16)21/h3-9,23H,10-11H2,1-2H3,(H,19,22). The molecule has 0 radical (unpaired) electrons. The number of aryl methyl sites for hydroxylation is 1. The lowest BCUT2D eigenvalue weighted by molar-refractivity contribution is -0.114. The summed E-state index contributed by atoms with van der Waals surface area (Å²) in [5.41, 5.74) is 5.60. The van der Waals surface area contributed by atoms with Gasteiger partial charge in [0, 0.05) is 30.4 Å². The van der Waals surface area contributed by atoms with Gasteiger partial charge < -0.3 is 15.4 Å². The van der Waals surface area contributed by atoms with E-state index in [1.54, 1.807) is 0 Å². The molecule has 1 aliphatic heterocycles. The van der Waals surface area contributed by atoms with Gasteiger partial charge in [0.1, 0.15) is 5.71 Å². The third-order valence-electron chi connectivity index (χ3n) is 3.92. The van der Waals surface area contributed by atoms with Crippen molar-refractivity contribution in [2.75, 3.05) is 16.8 Å². The van der Waals surface area contributed by atoms with Gasteiger partial charge in [-0.15, -0.1) is 0 Å². The fourth-order valence-electron chi connectivity index (χ4n) is 2.82. The number of amides is 1. The molecule has 0 saturated heterocycles. The van der Waals surface area contributed by atoms with E-state index in [0.717, 1.165) is 17.8 Å². The number of oxime groups is 1. The number of hydrogen-bond acceptors (Lipinski definition) is 4. The second kappa shape index (κ2) is 6.12. The lowest BCUT2D eigenvalue weighted by Crippen LogP contribution is -2.22. The van der Waals surface area contributed by atoms with Gasteiger partial charge in [-0.25, -0.2) is 0 Å². The molecule has 0 atom stereocenters. The quantitative estimate of drug-likeness (QED) is 0.676. The molecule has 0 aliphatic carbocycles. The molecule has 2 aromatic rings. The molecule has 5 nitrogen and oxygen atoms in total. The predicted octanol–water partition coefficient (Wildman–Crippen LogP) is 3.15. The van der Waals surface area contributed by atoms with Gasteiger partial charge in [0.25, 0.3) is 0 Å². The van der Waals surface area contributed by atoms with Gasteiger partial charge in [-0.2, -0.15) is 0 Å². The number of fused-ring (bicyclic) bond motifs is 1. The molecule has 0 aromatic heterocycles. The maximum absolute atomic E-state index is 11.2. The monoisotopic (exact) mass is 309 g/mol. The minimum absolute atomic E-state index is 0.123. The number of carbonyl (C=O) groups excluding carboxylic acids is 1. The Morgan fingerprint density at radius 3 is 2.65 bits per heavy atom. The summed E-state index contributed by atoms with van der Waals surface area (Å²) >= 11 is 0. The lowest BCUT2D eigenvalue weighted by Gasteiger charge is -2.19. The van der Waals surface area contributed by atoms with E-state index in [1.165, 1.54) is 18.1 Å². The second-order valence-corrected chi connectivity index (χ2v) is 5.80. The Hall–Kier alpha value is -2.82. The minimum Gasteiger partial charge on any atom is -0.411 e. The fourth-order valence-corrected chi connectivity index (χ4v) is 2.82. The van der Waals surface area contributed by atoms with Crippen LogP contribution in [0.15, 0.2) is 47.6 Å². The van der Waals surface area contributed by atoms with Crippen molar-refractivity contribution in [3.05, 3.63) is 59.2 Å². The lowest BCUT2D eigenvalue weighted by atomic mass is 10.1. The Morgan fingerprint density at radius 1 is 1.26 bits per heavy atom. The summed E-state index contributed by atoms with van der Waals surface area (Å²) in [6, 6.07) is 14.1. The molecule has 0 spiro atoms. The van der Waals surface area contributed by atoms with Crippen LogP contribution in [-0.4, -0.2) is 23.4 Å². The molecule has 2 N–H and O–H groups in total. The zero-order valence-corrected chi connectivity index (χ0v) is 13.2. The first kappa shape index (κ1) is 15.1. The summed E-state index contributed by atoms with van der Waals surface area (Å²) in [6.07, 6.45) is 0. The molecule has 0 unspecified atom stereocenters. The molecule has 1 amide bonds. The van der Waals surface area contributed by atoms with Crippen molar-refractivity contribution in [2.45, 2.75) is 20.4 Å². The highest BCUT2D eigenvalue weighted by atomic mass is 16.4. The van der Waals surface area contributed by atoms with Crippen LogP contribution in [0, 0.1) is 6.92 Å². The van der Waals surface area contributed by atoms with Crippen molar-refractivity contribution in [3.8, 4) is 0 Å². The third-order valence-corrected chi connectivity index (χ3v) is 3.92. The van der Waals surface area contributed by atoms with Gasteiger partial charge in [-0.1, -0.05) is 35.0 Å². The fraction of sp³-hybridized carbons (Fsp3) is 0.222. The zero-order valence-electron chi connectivity index (χ0n) is 13.2. The second-order valence-electron chi connectivity index (χ2n) is 5.80. The van der Waals surface area contributed by atoms with Crippen LogP contribution in [0.3, 0.4) is 0 Å². The van der Waals surface area contributed by atoms with Gasteiger partial charge in [0.2, 0.25) is 5.91 Å². The average Bonchev–Trinajstić information content (AvgIpc) is 2.86. The SMILES string of the molecule is CC(=O)Nc1ccc2c(c1)C(=NO)CN2Cc1ccc(C)cc1. The van der Waals surface area contributed by atoms with Crippen molar-refractivity contribution < 1.29 is 10.0 Å². The van der Waals surface area contributed by atoms with E-state index < -0.39 is 0 Å². The number of hydrogen-bond donors (Lipinski definition) is 2. The molecular formula is C18H19N3O2. The van der Waals surface area contributed by atoms with Crippen molar-refractivity contribution in [3.63, 3.8) is 0 Å². The maximum atomic E-state index is 11.2. The summed E-state index contributed by atoms with van der Waals surface area (Å²) in [5.74, 6) is -0.123. The summed E-state index contributed by atoms with van der Waals surface area (Å²) in [5, 5.41) is 15.5. The molecule has 3 rings (SSSR count). The van der Waals surface area contributed by atoms with Crippen LogP contribution in [0.5, 0.6) is 0 Å². The number of rotatable bonds is 3. The van der Waals surface area contributed by atoms with Crippen LogP contribution in [0.1, 0.15) is 23.6 Å². The van der Waals surface area contributed by atoms with E-state index in [-0.39, 0.29) is 5.91 Å². The van der Waals surface area contributed by atoms with Gasteiger partial charge in [-0.3, -0.25) is 4.79 Å². The van der Waals surface area contributed by atoms with Crippen LogP contribution in [0.2, 0.25) is 0 Å². The summed E-state index contributed by atoms with van der Waals surface area (Å²) < 4.78 is 0.